The summed E-state index contributed by atoms with van der Waals surface area (Å²) in [6, 6.07) is 10.4. The minimum atomic E-state index is 0.0803. The van der Waals surface area contributed by atoms with Crippen LogP contribution >= 0.6 is 11.3 Å². The number of benzene rings is 1. The van der Waals surface area contributed by atoms with Crippen molar-refractivity contribution in [1.82, 2.24) is 0 Å². The third-order valence-electron chi connectivity index (χ3n) is 3.51. The van der Waals surface area contributed by atoms with Crippen LogP contribution in [0, 0.1) is 13.8 Å². The van der Waals surface area contributed by atoms with Crippen LogP contribution in [-0.4, -0.2) is 5.78 Å². The van der Waals surface area contributed by atoms with Crippen LogP contribution in [0.2, 0.25) is 0 Å². The Morgan fingerprint density at radius 1 is 1.10 bits per heavy atom. The Bertz CT molecular complexity index is 667. The maximum absolute atomic E-state index is 12.2. The SMILES string of the molecule is Cc1cc(C(=O)/C=C/c2ccc(C(C)(C)C)cc2)c(C)s1. The number of aryl methyl sites for hydroxylation is 2. The van der Waals surface area contributed by atoms with Crippen LogP contribution in [0.4, 0.5) is 0 Å². The van der Waals surface area contributed by atoms with E-state index in [1.807, 2.05) is 26.0 Å². The summed E-state index contributed by atoms with van der Waals surface area (Å²) in [4.78, 5) is 14.5. The highest BCUT2D eigenvalue weighted by molar-refractivity contribution is 7.12. The van der Waals surface area contributed by atoms with Crippen LogP contribution in [0.15, 0.2) is 36.4 Å². The average molecular weight is 298 g/mol. The minimum absolute atomic E-state index is 0.0803. The third-order valence-corrected chi connectivity index (χ3v) is 4.48. The minimum Gasteiger partial charge on any atom is -0.289 e. The van der Waals surface area contributed by atoms with E-state index in [2.05, 4.69) is 45.0 Å². The van der Waals surface area contributed by atoms with E-state index >= 15 is 0 Å². The predicted octanol–water partition coefficient (Wildman–Crippen LogP) is 5.56. The molecule has 0 saturated carbocycles. The van der Waals surface area contributed by atoms with Crippen LogP contribution in [0.3, 0.4) is 0 Å². The van der Waals surface area contributed by atoms with Gasteiger partial charge in [0, 0.05) is 15.3 Å². The Morgan fingerprint density at radius 3 is 2.19 bits per heavy atom. The standard InChI is InChI=1S/C19H22OS/c1-13-12-17(14(2)21-13)18(20)11-8-15-6-9-16(10-7-15)19(3,4)5/h6-12H,1-5H3/b11-8+. The molecule has 0 amide bonds. The van der Waals surface area contributed by atoms with Gasteiger partial charge in [0.25, 0.3) is 0 Å². The largest absolute Gasteiger partial charge is 0.289 e. The summed E-state index contributed by atoms with van der Waals surface area (Å²) in [5.74, 6) is 0.0803. The molecule has 110 valence electrons. The van der Waals surface area contributed by atoms with Crippen LogP contribution < -0.4 is 0 Å². The van der Waals surface area contributed by atoms with Crippen molar-refractivity contribution in [1.29, 1.82) is 0 Å². The molecule has 1 nitrogen and oxygen atoms in total. The van der Waals surface area contributed by atoms with Gasteiger partial charge in [-0.25, -0.2) is 0 Å². The van der Waals surface area contributed by atoms with Crippen molar-refractivity contribution in [2.45, 2.75) is 40.0 Å². The molecule has 0 bridgehead atoms. The van der Waals surface area contributed by atoms with E-state index in [0.717, 1.165) is 16.0 Å². The quantitative estimate of drug-likeness (QED) is 0.535. The first-order valence-electron chi connectivity index (χ1n) is 7.17. The Balaban J connectivity index is 2.14. The van der Waals surface area contributed by atoms with Gasteiger partial charge in [0.1, 0.15) is 0 Å². The lowest BCUT2D eigenvalue weighted by molar-refractivity contribution is 0.104. The summed E-state index contributed by atoms with van der Waals surface area (Å²) in [6.07, 6.45) is 3.56. The van der Waals surface area contributed by atoms with Crippen LogP contribution in [0.1, 0.15) is 52.0 Å². The number of hydrogen-bond donors (Lipinski definition) is 0. The Kier molecular flexibility index (Phi) is 4.48. The van der Waals surface area contributed by atoms with Crippen molar-refractivity contribution >= 4 is 23.2 Å². The third kappa shape index (κ3) is 3.92. The topological polar surface area (TPSA) is 17.1 Å². The fraction of sp³-hybridized carbons (Fsp3) is 0.316. The molecule has 2 rings (SSSR count). The summed E-state index contributed by atoms with van der Waals surface area (Å²) in [5, 5.41) is 0. The second kappa shape index (κ2) is 5.98. The van der Waals surface area contributed by atoms with Crippen molar-refractivity contribution in [2.75, 3.05) is 0 Å². The highest BCUT2D eigenvalue weighted by Crippen LogP contribution is 2.23. The van der Waals surface area contributed by atoms with Gasteiger partial charge >= 0.3 is 0 Å². The van der Waals surface area contributed by atoms with Crippen molar-refractivity contribution in [3.63, 3.8) is 0 Å². The molecule has 21 heavy (non-hydrogen) atoms. The smallest absolute Gasteiger partial charge is 0.186 e. The maximum Gasteiger partial charge on any atom is 0.186 e. The zero-order valence-corrected chi connectivity index (χ0v) is 14.2. The van der Waals surface area contributed by atoms with E-state index in [1.165, 1.54) is 10.4 Å². The second-order valence-corrected chi connectivity index (χ2v) is 7.86. The zero-order chi connectivity index (χ0) is 15.6. The van der Waals surface area contributed by atoms with Crippen LogP contribution in [-0.2, 0) is 5.41 Å². The number of carbonyl (C=O) groups excluding carboxylic acids is 1. The lowest BCUT2D eigenvalue weighted by Gasteiger charge is -2.18. The fourth-order valence-electron chi connectivity index (χ4n) is 2.23. The van der Waals surface area contributed by atoms with Gasteiger partial charge in [-0.05, 0) is 42.5 Å². The number of rotatable bonds is 3. The number of ketones is 1. The first-order valence-corrected chi connectivity index (χ1v) is 7.99. The van der Waals surface area contributed by atoms with Gasteiger partial charge in [-0.15, -0.1) is 11.3 Å². The molecular formula is C19H22OS. The van der Waals surface area contributed by atoms with Gasteiger partial charge in [0.05, 0.1) is 0 Å². The van der Waals surface area contributed by atoms with E-state index in [0.29, 0.717) is 0 Å². The molecule has 0 saturated heterocycles. The zero-order valence-electron chi connectivity index (χ0n) is 13.4. The summed E-state index contributed by atoms with van der Waals surface area (Å²) in [7, 11) is 0. The molecule has 1 aromatic carbocycles. The number of thiophene rings is 1. The summed E-state index contributed by atoms with van der Waals surface area (Å²) < 4.78 is 0. The lowest BCUT2D eigenvalue weighted by atomic mass is 9.87. The number of carbonyl (C=O) groups is 1. The fourth-order valence-corrected chi connectivity index (χ4v) is 3.16. The van der Waals surface area contributed by atoms with Crippen molar-refractivity contribution in [3.05, 3.63) is 62.9 Å². The summed E-state index contributed by atoms with van der Waals surface area (Å²) in [6.45, 7) is 10.6. The van der Waals surface area contributed by atoms with Gasteiger partial charge in [-0.3, -0.25) is 4.79 Å². The van der Waals surface area contributed by atoms with Gasteiger partial charge in [-0.1, -0.05) is 51.1 Å². The molecule has 0 aliphatic heterocycles. The van der Waals surface area contributed by atoms with E-state index in [4.69, 9.17) is 0 Å². The van der Waals surface area contributed by atoms with Crippen LogP contribution in [0.5, 0.6) is 0 Å². The van der Waals surface area contributed by atoms with Crippen molar-refractivity contribution in [3.8, 4) is 0 Å². The lowest BCUT2D eigenvalue weighted by Crippen LogP contribution is -2.10. The molecule has 0 atom stereocenters. The number of hydrogen-bond acceptors (Lipinski definition) is 2. The molecule has 2 heteroatoms. The summed E-state index contributed by atoms with van der Waals surface area (Å²) in [5.41, 5.74) is 3.33. The molecule has 0 radical (unpaired) electrons. The maximum atomic E-state index is 12.2. The van der Waals surface area contributed by atoms with Crippen molar-refractivity contribution in [2.24, 2.45) is 0 Å². The molecule has 1 heterocycles. The normalized spacial score (nSPS) is 12.0. The first kappa shape index (κ1) is 15.7. The molecule has 0 aliphatic rings. The highest BCUT2D eigenvalue weighted by atomic mass is 32.1. The van der Waals surface area contributed by atoms with E-state index in [-0.39, 0.29) is 11.2 Å². The second-order valence-electron chi connectivity index (χ2n) is 6.40. The summed E-state index contributed by atoms with van der Waals surface area (Å²) >= 11 is 1.67. The van der Waals surface area contributed by atoms with Gasteiger partial charge in [0.15, 0.2) is 5.78 Å². The molecule has 0 unspecified atom stereocenters. The Hall–Kier alpha value is -1.67. The molecule has 0 fully saturated rings. The van der Waals surface area contributed by atoms with E-state index < -0.39 is 0 Å². The van der Waals surface area contributed by atoms with Crippen molar-refractivity contribution < 1.29 is 4.79 Å². The molecule has 0 spiro atoms. The molecule has 0 N–H and O–H groups in total. The Morgan fingerprint density at radius 2 is 1.71 bits per heavy atom. The molecule has 1 aromatic heterocycles. The Labute approximate surface area is 131 Å². The molecule has 2 aromatic rings. The monoisotopic (exact) mass is 298 g/mol. The first-order chi connectivity index (χ1) is 9.77. The van der Waals surface area contributed by atoms with Gasteiger partial charge in [0.2, 0.25) is 0 Å². The molecular weight excluding hydrogens is 276 g/mol. The van der Waals surface area contributed by atoms with Gasteiger partial charge < -0.3 is 0 Å². The predicted molar refractivity (Wildman–Crippen MR) is 92.3 cm³/mol. The van der Waals surface area contributed by atoms with Gasteiger partial charge in [-0.2, -0.15) is 0 Å². The average Bonchev–Trinajstić information content (AvgIpc) is 2.74. The van der Waals surface area contributed by atoms with E-state index in [1.54, 1.807) is 17.4 Å². The van der Waals surface area contributed by atoms with Crippen LogP contribution in [0.25, 0.3) is 6.08 Å². The van der Waals surface area contributed by atoms with E-state index in [9.17, 15) is 4.79 Å². The molecule has 0 aliphatic carbocycles. The number of allylic oxidation sites excluding steroid dienone is 1. The highest BCUT2D eigenvalue weighted by Gasteiger charge is 2.12.